The van der Waals surface area contributed by atoms with Crippen molar-refractivity contribution in [3.8, 4) is 0 Å². The average molecular weight is 327 g/mol. The highest BCUT2D eigenvalue weighted by Crippen LogP contribution is 2.23. The number of amides is 1. The first kappa shape index (κ1) is 16.2. The third-order valence-corrected chi connectivity index (χ3v) is 4.12. The maximum absolute atomic E-state index is 12.5. The van der Waals surface area contributed by atoms with Crippen LogP contribution in [-0.4, -0.2) is 31.2 Å². The zero-order valence-electron chi connectivity index (χ0n) is 14.1. The number of aliphatic hydroxyl groups excluding tert-OH is 1. The summed E-state index contributed by atoms with van der Waals surface area (Å²) in [6, 6.07) is 5.58. The molecule has 2 heterocycles. The largest absolute Gasteiger partial charge is 0.385 e. The maximum Gasteiger partial charge on any atom is 0.268 e. The van der Waals surface area contributed by atoms with Gasteiger partial charge in [-0.15, -0.1) is 0 Å². The topological polar surface area (TPSA) is 107 Å². The number of aromatic amines is 2. The van der Waals surface area contributed by atoms with Gasteiger partial charge in [-0.05, 0) is 44.9 Å². The molecule has 0 saturated heterocycles. The van der Waals surface area contributed by atoms with E-state index in [1.165, 1.54) is 0 Å². The molecule has 2 atom stereocenters. The molecule has 3 rings (SSSR count). The molecule has 2 unspecified atom stereocenters. The second kappa shape index (κ2) is 6.09. The van der Waals surface area contributed by atoms with Crippen molar-refractivity contribution in [2.24, 2.45) is 0 Å². The van der Waals surface area contributed by atoms with Gasteiger partial charge in [0.25, 0.3) is 5.91 Å². The molecular formula is C17H21N5O2. The minimum Gasteiger partial charge on any atom is -0.385 e. The van der Waals surface area contributed by atoms with Crippen LogP contribution in [0, 0.1) is 13.8 Å². The van der Waals surface area contributed by atoms with Crippen LogP contribution in [0.2, 0.25) is 0 Å². The smallest absolute Gasteiger partial charge is 0.268 e. The van der Waals surface area contributed by atoms with Crippen molar-refractivity contribution in [2.75, 3.05) is 0 Å². The molecule has 4 N–H and O–H groups in total. The van der Waals surface area contributed by atoms with Crippen LogP contribution in [0.1, 0.15) is 59.3 Å². The fourth-order valence-electron chi connectivity index (χ4n) is 2.63. The van der Waals surface area contributed by atoms with Crippen LogP contribution in [-0.2, 0) is 0 Å². The van der Waals surface area contributed by atoms with E-state index in [4.69, 9.17) is 0 Å². The van der Waals surface area contributed by atoms with Gasteiger partial charge in [0, 0.05) is 10.9 Å². The summed E-state index contributed by atoms with van der Waals surface area (Å²) in [5.41, 5.74) is 3.70. The van der Waals surface area contributed by atoms with Crippen molar-refractivity contribution < 1.29 is 9.90 Å². The Labute approximate surface area is 139 Å². The second-order valence-electron chi connectivity index (χ2n) is 6.12. The number of aliphatic hydroxyl groups is 1. The zero-order valence-corrected chi connectivity index (χ0v) is 14.1. The molecule has 7 heteroatoms. The van der Waals surface area contributed by atoms with Crippen LogP contribution < -0.4 is 5.32 Å². The van der Waals surface area contributed by atoms with Gasteiger partial charge in [0.05, 0.1) is 6.04 Å². The Balaban J connectivity index is 1.81. The standard InChI is InChI=1S/C17H21N5O2/c1-8-5-6-9(2)14-12(8)7-13(19-14)17(24)18-10(3)15-20-16(11(4)23)22-21-15/h5-7,10-11,19,23H,1-4H3,(H,18,24)(H,20,21,22). The first-order chi connectivity index (χ1) is 11.4. The normalized spacial score (nSPS) is 13.9. The van der Waals surface area contributed by atoms with Crippen LogP contribution in [0.25, 0.3) is 10.9 Å². The molecule has 3 aromatic rings. The number of nitrogens with one attached hydrogen (secondary N) is 3. The summed E-state index contributed by atoms with van der Waals surface area (Å²) in [4.78, 5) is 19.9. The molecule has 0 radical (unpaired) electrons. The van der Waals surface area contributed by atoms with Gasteiger partial charge in [-0.2, -0.15) is 5.10 Å². The fraction of sp³-hybridized carbons (Fsp3) is 0.353. The van der Waals surface area contributed by atoms with Crippen LogP contribution in [0.5, 0.6) is 0 Å². The molecule has 2 aromatic heterocycles. The van der Waals surface area contributed by atoms with Crippen LogP contribution in [0.4, 0.5) is 0 Å². The first-order valence-corrected chi connectivity index (χ1v) is 7.87. The number of aryl methyl sites for hydroxylation is 2. The molecule has 1 amide bonds. The quantitative estimate of drug-likeness (QED) is 0.590. The number of carbonyl (C=O) groups excluding carboxylic acids is 1. The molecule has 0 aliphatic carbocycles. The van der Waals surface area contributed by atoms with Crippen molar-refractivity contribution in [3.05, 3.63) is 46.7 Å². The highest BCUT2D eigenvalue weighted by molar-refractivity contribution is 5.99. The van der Waals surface area contributed by atoms with E-state index in [1.807, 2.05) is 39.0 Å². The number of carbonyl (C=O) groups is 1. The maximum atomic E-state index is 12.5. The number of fused-ring (bicyclic) bond motifs is 1. The number of hydrogen-bond acceptors (Lipinski definition) is 4. The van der Waals surface area contributed by atoms with E-state index in [0.29, 0.717) is 17.3 Å². The summed E-state index contributed by atoms with van der Waals surface area (Å²) >= 11 is 0. The molecule has 0 bridgehead atoms. The molecule has 0 aliphatic heterocycles. The summed E-state index contributed by atoms with van der Waals surface area (Å²) in [5, 5.41) is 20.1. The molecule has 126 valence electrons. The zero-order chi connectivity index (χ0) is 17.4. The predicted octanol–water partition coefficient (Wildman–Crippen LogP) is 2.45. The Morgan fingerprint density at radius 2 is 1.96 bits per heavy atom. The van der Waals surface area contributed by atoms with E-state index in [1.54, 1.807) is 6.92 Å². The fourth-order valence-corrected chi connectivity index (χ4v) is 2.63. The number of benzene rings is 1. The third kappa shape index (κ3) is 2.90. The van der Waals surface area contributed by atoms with Crippen molar-refractivity contribution in [3.63, 3.8) is 0 Å². The van der Waals surface area contributed by atoms with Crippen molar-refractivity contribution in [2.45, 2.75) is 39.8 Å². The molecular weight excluding hydrogens is 306 g/mol. The predicted molar refractivity (Wildman–Crippen MR) is 90.7 cm³/mol. The highest BCUT2D eigenvalue weighted by atomic mass is 16.3. The minimum atomic E-state index is -0.752. The van der Waals surface area contributed by atoms with Gasteiger partial charge in [-0.25, -0.2) is 4.98 Å². The lowest BCUT2D eigenvalue weighted by atomic mass is 10.1. The van der Waals surface area contributed by atoms with Gasteiger partial charge in [0.1, 0.15) is 17.6 Å². The van der Waals surface area contributed by atoms with Gasteiger partial charge in [0.2, 0.25) is 0 Å². The summed E-state index contributed by atoms with van der Waals surface area (Å²) in [6.45, 7) is 7.43. The van der Waals surface area contributed by atoms with E-state index in [9.17, 15) is 9.90 Å². The van der Waals surface area contributed by atoms with Gasteiger partial charge in [-0.3, -0.25) is 9.89 Å². The molecule has 0 spiro atoms. The minimum absolute atomic E-state index is 0.215. The Kier molecular flexibility index (Phi) is 4.11. The number of rotatable bonds is 4. The monoisotopic (exact) mass is 327 g/mol. The Morgan fingerprint density at radius 1 is 1.25 bits per heavy atom. The molecule has 0 saturated carbocycles. The van der Waals surface area contributed by atoms with Gasteiger partial charge in [-0.1, -0.05) is 12.1 Å². The van der Waals surface area contributed by atoms with Crippen LogP contribution in [0.15, 0.2) is 18.2 Å². The van der Waals surface area contributed by atoms with Crippen LogP contribution in [0.3, 0.4) is 0 Å². The highest BCUT2D eigenvalue weighted by Gasteiger charge is 2.18. The van der Waals surface area contributed by atoms with Gasteiger partial charge in [0.15, 0.2) is 5.82 Å². The summed E-state index contributed by atoms with van der Waals surface area (Å²) in [7, 11) is 0. The first-order valence-electron chi connectivity index (χ1n) is 7.87. The Morgan fingerprint density at radius 3 is 2.58 bits per heavy atom. The van der Waals surface area contributed by atoms with Crippen molar-refractivity contribution >= 4 is 16.8 Å². The van der Waals surface area contributed by atoms with Crippen molar-refractivity contribution in [1.29, 1.82) is 0 Å². The lowest BCUT2D eigenvalue weighted by Gasteiger charge is -2.09. The lowest BCUT2D eigenvalue weighted by Crippen LogP contribution is -2.27. The molecule has 24 heavy (non-hydrogen) atoms. The van der Waals surface area contributed by atoms with E-state index < -0.39 is 6.10 Å². The third-order valence-electron chi connectivity index (χ3n) is 4.12. The Bertz CT molecular complexity index is 855. The number of hydrogen-bond donors (Lipinski definition) is 4. The lowest BCUT2D eigenvalue weighted by molar-refractivity contribution is 0.0934. The molecule has 0 fully saturated rings. The van der Waals surface area contributed by atoms with Gasteiger partial charge >= 0.3 is 0 Å². The summed E-state index contributed by atoms with van der Waals surface area (Å²) < 4.78 is 0. The summed E-state index contributed by atoms with van der Waals surface area (Å²) in [5.74, 6) is 0.596. The number of H-pyrrole nitrogens is 2. The second-order valence-corrected chi connectivity index (χ2v) is 6.12. The Hall–Kier alpha value is -2.67. The van der Waals surface area contributed by atoms with Crippen molar-refractivity contribution in [1.82, 2.24) is 25.5 Å². The van der Waals surface area contributed by atoms with E-state index >= 15 is 0 Å². The van der Waals surface area contributed by atoms with Crippen LogP contribution >= 0.6 is 0 Å². The average Bonchev–Trinajstić information content (AvgIpc) is 3.18. The number of nitrogens with zero attached hydrogens (tertiary/aromatic N) is 2. The SMILES string of the molecule is Cc1ccc(C)c2[nH]c(C(=O)NC(C)c3nc(C(C)O)n[nH]3)cc12. The summed E-state index contributed by atoms with van der Waals surface area (Å²) in [6.07, 6.45) is -0.752. The van der Waals surface area contributed by atoms with E-state index in [0.717, 1.165) is 22.0 Å². The molecule has 0 aliphatic rings. The molecule has 1 aromatic carbocycles. The molecule has 7 nitrogen and oxygen atoms in total. The number of aromatic nitrogens is 4. The van der Waals surface area contributed by atoms with Gasteiger partial charge < -0.3 is 15.4 Å². The van der Waals surface area contributed by atoms with E-state index in [-0.39, 0.29) is 11.9 Å². The van der Waals surface area contributed by atoms with E-state index in [2.05, 4.69) is 25.5 Å².